The first-order valence-electron chi connectivity index (χ1n) is 8.42. The monoisotopic (exact) mass is 337 g/mol. The average Bonchev–Trinajstić information content (AvgIpc) is 3.12. The van der Waals surface area contributed by atoms with Crippen LogP contribution in [0.5, 0.6) is 0 Å². The van der Waals surface area contributed by atoms with Crippen molar-refractivity contribution < 1.29 is 9.59 Å². The predicted octanol–water partition coefficient (Wildman–Crippen LogP) is 1.08. The highest BCUT2D eigenvalue weighted by Crippen LogP contribution is 2.33. The van der Waals surface area contributed by atoms with E-state index in [4.69, 9.17) is 0 Å². The van der Waals surface area contributed by atoms with Crippen LogP contribution in [0.1, 0.15) is 16.1 Å². The molecule has 25 heavy (non-hydrogen) atoms. The molecule has 0 atom stereocenters. The maximum Gasteiger partial charge on any atom is 0.272 e. The number of para-hydroxylation sites is 1. The summed E-state index contributed by atoms with van der Waals surface area (Å²) in [5, 5.41) is 0. The van der Waals surface area contributed by atoms with Crippen LogP contribution in [0.2, 0.25) is 0 Å². The lowest BCUT2D eigenvalue weighted by atomic mass is 10.2. The third-order valence-electron chi connectivity index (χ3n) is 4.79. The van der Waals surface area contributed by atoms with Crippen LogP contribution < -0.4 is 4.90 Å². The highest BCUT2D eigenvalue weighted by molar-refractivity contribution is 5.93. The van der Waals surface area contributed by atoms with Crippen molar-refractivity contribution in [3.63, 3.8) is 0 Å². The Bertz CT molecular complexity index is 802. The highest BCUT2D eigenvalue weighted by atomic mass is 16.2. The van der Waals surface area contributed by atoms with Gasteiger partial charge in [-0.2, -0.15) is 0 Å². The topological polar surface area (TPSA) is 69.6 Å². The van der Waals surface area contributed by atoms with Gasteiger partial charge in [0.2, 0.25) is 6.41 Å². The molecule has 2 amide bonds. The lowest BCUT2D eigenvalue weighted by Gasteiger charge is -2.32. The maximum atomic E-state index is 12.7. The molecule has 0 spiro atoms. The van der Waals surface area contributed by atoms with Gasteiger partial charge in [-0.15, -0.1) is 0 Å². The number of rotatable bonds is 3. The molecule has 7 heteroatoms. The molecule has 0 bridgehead atoms. The summed E-state index contributed by atoms with van der Waals surface area (Å²) < 4.78 is 0. The molecule has 2 aliphatic rings. The Labute approximate surface area is 145 Å². The van der Waals surface area contributed by atoms with E-state index in [1.807, 2.05) is 12.1 Å². The zero-order valence-corrected chi connectivity index (χ0v) is 13.8. The van der Waals surface area contributed by atoms with Crippen molar-refractivity contribution in [2.45, 2.75) is 6.42 Å². The standard InChI is InChI=1S/C18H19N5O2/c24-13-21-7-9-22(10-8-21)18(25)15-11-17(20-12-19-15)23-6-5-14-3-1-2-4-16(14)23/h1-4,11-13H,5-10H2. The summed E-state index contributed by atoms with van der Waals surface area (Å²) in [6, 6.07) is 10.0. The zero-order valence-electron chi connectivity index (χ0n) is 13.8. The van der Waals surface area contributed by atoms with Crippen molar-refractivity contribution in [1.82, 2.24) is 19.8 Å². The fraction of sp³-hybridized carbons (Fsp3) is 0.333. The quantitative estimate of drug-likeness (QED) is 0.784. The molecular weight excluding hydrogens is 318 g/mol. The summed E-state index contributed by atoms with van der Waals surface area (Å²) >= 11 is 0. The van der Waals surface area contributed by atoms with Crippen LogP contribution in [0.3, 0.4) is 0 Å². The molecular formula is C18H19N5O2. The van der Waals surface area contributed by atoms with Crippen LogP contribution >= 0.6 is 0 Å². The van der Waals surface area contributed by atoms with Crippen LogP contribution in [0.15, 0.2) is 36.7 Å². The number of hydrogen-bond acceptors (Lipinski definition) is 5. The second-order valence-corrected chi connectivity index (χ2v) is 6.23. The molecule has 1 aromatic heterocycles. The maximum absolute atomic E-state index is 12.7. The largest absolute Gasteiger partial charge is 0.342 e. The summed E-state index contributed by atoms with van der Waals surface area (Å²) in [4.78, 5) is 37.6. The molecule has 0 N–H and O–H groups in total. The van der Waals surface area contributed by atoms with E-state index in [0.29, 0.717) is 31.9 Å². The Morgan fingerprint density at radius 2 is 1.84 bits per heavy atom. The third-order valence-corrected chi connectivity index (χ3v) is 4.79. The van der Waals surface area contributed by atoms with E-state index in [2.05, 4.69) is 27.0 Å². The molecule has 1 aromatic carbocycles. The highest BCUT2D eigenvalue weighted by Gasteiger charge is 2.25. The Morgan fingerprint density at radius 1 is 1.04 bits per heavy atom. The molecule has 0 aliphatic carbocycles. The van der Waals surface area contributed by atoms with Crippen molar-refractivity contribution >= 4 is 23.8 Å². The Hall–Kier alpha value is -2.96. The molecule has 0 saturated carbocycles. The second kappa shape index (κ2) is 6.51. The minimum atomic E-state index is -0.110. The molecule has 2 aliphatic heterocycles. The molecule has 7 nitrogen and oxygen atoms in total. The Morgan fingerprint density at radius 3 is 2.64 bits per heavy atom. The molecule has 4 rings (SSSR count). The lowest BCUT2D eigenvalue weighted by molar-refractivity contribution is -0.119. The van der Waals surface area contributed by atoms with Gasteiger partial charge in [0.15, 0.2) is 0 Å². The van der Waals surface area contributed by atoms with Gasteiger partial charge in [0.1, 0.15) is 17.8 Å². The number of carbonyl (C=O) groups is 2. The minimum absolute atomic E-state index is 0.110. The van der Waals surface area contributed by atoms with Crippen molar-refractivity contribution in [2.75, 3.05) is 37.6 Å². The second-order valence-electron chi connectivity index (χ2n) is 6.23. The van der Waals surface area contributed by atoms with Gasteiger partial charge in [-0.25, -0.2) is 9.97 Å². The predicted molar refractivity (Wildman–Crippen MR) is 92.7 cm³/mol. The van der Waals surface area contributed by atoms with Crippen molar-refractivity contribution in [1.29, 1.82) is 0 Å². The number of fused-ring (bicyclic) bond motifs is 1. The number of amides is 2. The van der Waals surface area contributed by atoms with E-state index < -0.39 is 0 Å². The number of anilines is 2. The Kier molecular flexibility index (Phi) is 4.05. The first-order valence-corrected chi connectivity index (χ1v) is 8.42. The van der Waals surface area contributed by atoms with Crippen molar-refractivity contribution in [3.05, 3.63) is 47.9 Å². The Balaban J connectivity index is 1.54. The number of piperazine rings is 1. The summed E-state index contributed by atoms with van der Waals surface area (Å²) in [6.45, 7) is 3.04. The molecule has 0 radical (unpaired) electrons. The zero-order chi connectivity index (χ0) is 17.2. The van der Waals surface area contributed by atoms with Crippen LogP contribution in [0.4, 0.5) is 11.5 Å². The first-order chi connectivity index (χ1) is 12.3. The molecule has 2 aromatic rings. The van der Waals surface area contributed by atoms with Gasteiger partial charge < -0.3 is 14.7 Å². The van der Waals surface area contributed by atoms with Crippen molar-refractivity contribution in [3.8, 4) is 0 Å². The van der Waals surface area contributed by atoms with Crippen LogP contribution in [0, 0.1) is 0 Å². The molecule has 128 valence electrons. The lowest BCUT2D eigenvalue weighted by Crippen LogP contribution is -2.48. The number of aromatic nitrogens is 2. The first kappa shape index (κ1) is 15.6. The molecule has 3 heterocycles. The van der Waals surface area contributed by atoms with Gasteiger partial charge in [-0.3, -0.25) is 9.59 Å². The van der Waals surface area contributed by atoms with E-state index in [9.17, 15) is 9.59 Å². The van der Waals surface area contributed by atoms with Gasteiger partial charge in [0, 0.05) is 44.5 Å². The smallest absolute Gasteiger partial charge is 0.272 e. The van der Waals surface area contributed by atoms with Gasteiger partial charge in [-0.1, -0.05) is 18.2 Å². The molecule has 0 unspecified atom stereocenters. The van der Waals surface area contributed by atoms with E-state index in [1.54, 1.807) is 15.9 Å². The number of carbonyl (C=O) groups excluding carboxylic acids is 2. The van der Waals surface area contributed by atoms with E-state index in [-0.39, 0.29) is 5.91 Å². The van der Waals surface area contributed by atoms with Crippen LogP contribution in [0.25, 0.3) is 0 Å². The van der Waals surface area contributed by atoms with Gasteiger partial charge >= 0.3 is 0 Å². The van der Waals surface area contributed by atoms with E-state index >= 15 is 0 Å². The number of benzene rings is 1. The van der Waals surface area contributed by atoms with Crippen molar-refractivity contribution in [2.24, 2.45) is 0 Å². The number of hydrogen-bond donors (Lipinski definition) is 0. The molecule has 1 fully saturated rings. The van der Waals surface area contributed by atoms with E-state index in [1.165, 1.54) is 11.9 Å². The molecule has 1 saturated heterocycles. The summed E-state index contributed by atoms with van der Waals surface area (Å²) in [5.41, 5.74) is 2.83. The van der Waals surface area contributed by atoms with E-state index in [0.717, 1.165) is 30.9 Å². The fourth-order valence-corrected chi connectivity index (χ4v) is 3.38. The minimum Gasteiger partial charge on any atom is -0.342 e. The van der Waals surface area contributed by atoms with Crippen LogP contribution in [-0.2, 0) is 11.2 Å². The van der Waals surface area contributed by atoms with Gasteiger partial charge in [0.05, 0.1) is 0 Å². The summed E-state index contributed by atoms with van der Waals surface area (Å²) in [6.07, 6.45) is 3.25. The van der Waals surface area contributed by atoms with Gasteiger partial charge in [-0.05, 0) is 18.1 Å². The summed E-state index contributed by atoms with van der Waals surface area (Å²) in [7, 11) is 0. The normalized spacial score (nSPS) is 16.7. The average molecular weight is 337 g/mol. The summed E-state index contributed by atoms with van der Waals surface area (Å²) in [5.74, 6) is 0.636. The number of nitrogens with zero attached hydrogens (tertiary/aromatic N) is 5. The van der Waals surface area contributed by atoms with Crippen LogP contribution in [-0.4, -0.2) is 64.8 Å². The van der Waals surface area contributed by atoms with Gasteiger partial charge in [0.25, 0.3) is 5.91 Å². The third kappa shape index (κ3) is 2.93. The fourth-order valence-electron chi connectivity index (χ4n) is 3.38. The SMILES string of the molecule is O=CN1CCN(C(=O)c2cc(N3CCc4ccccc43)ncn2)CC1.